The van der Waals surface area contributed by atoms with Crippen molar-refractivity contribution < 1.29 is 14.4 Å². The van der Waals surface area contributed by atoms with E-state index in [1.165, 1.54) is 23.1 Å². The number of piperazine rings is 1. The number of thioether (sulfide) groups is 1. The largest absolute Gasteiger partial charge is 0.353 e. The van der Waals surface area contributed by atoms with Crippen LogP contribution in [0.5, 0.6) is 0 Å². The van der Waals surface area contributed by atoms with Gasteiger partial charge in [0.15, 0.2) is 0 Å². The van der Waals surface area contributed by atoms with E-state index < -0.39 is 6.04 Å². The molecule has 0 radical (unpaired) electrons. The van der Waals surface area contributed by atoms with Crippen LogP contribution in [0.1, 0.15) is 40.7 Å². The predicted molar refractivity (Wildman–Crippen MR) is 132 cm³/mol. The molecule has 0 saturated carbocycles. The molecule has 2 aromatic heterocycles. The Bertz CT molecular complexity index is 1030. The van der Waals surface area contributed by atoms with Crippen LogP contribution in [0.15, 0.2) is 29.8 Å². The number of hydrogen-bond acceptors (Lipinski definition) is 8. The lowest BCUT2D eigenvalue weighted by Gasteiger charge is -2.39. The number of nitrogens with zero attached hydrogens (tertiary/aromatic N) is 5. The molecular formula is C23H28N6O3S2. The van der Waals surface area contributed by atoms with Gasteiger partial charge in [0.2, 0.25) is 5.12 Å². The van der Waals surface area contributed by atoms with Gasteiger partial charge in [0.25, 0.3) is 5.91 Å². The van der Waals surface area contributed by atoms with Gasteiger partial charge >= 0.3 is 6.03 Å². The molecule has 3 aliphatic rings. The van der Waals surface area contributed by atoms with E-state index in [-0.39, 0.29) is 23.0 Å². The molecule has 0 aliphatic carbocycles. The number of aromatic nitrogens is 2. The van der Waals surface area contributed by atoms with Crippen LogP contribution in [0.2, 0.25) is 0 Å². The molecule has 1 N–H and O–H groups in total. The number of nitrogens with one attached hydrogen (secondary N) is 1. The van der Waals surface area contributed by atoms with Crippen molar-refractivity contribution >= 4 is 46.0 Å². The number of rotatable bonds is 4. The van der Waals surface area contributed by atoms with Crippen LogP contribution in [-0.4, -0.2) is 87.9 Å². The zero-order valence-corrected chi connectivity index (χ0v) is 20.5. The van der Waals surface area contributed by atoms with Gasteiger partial charge in [-0.25, -0.2) is 14.8 Å². The Balaban J connectivity index is 1.10. The van der Waals surface area contributed by atoms with Gasteiger partial charge < -0.3 is 20.0 Å². The molecule has 0 aromatic carbocycles. The third-order valence-electron chi connectivity index (χ3n) is 6.63. The summed E-state index contributed by atoms with van der Waals surface area (Å²) in [5, 5.41) is 5.54. The predicted octanol–water partition coefficient (Wildman–Crippen LogP) is 2.42. The Hall–Kier alpha value is -2.66. The average Bonchev–Trinajstić information content (AvgIpc) is 3.54. The van der Waals surface area contributed by atoms with Gasteiger partial charge in [-0.2, -0.15) is 0 Å². The number of thiazole rings is 1. The van der Waals surface area contributed by atoms with Crippen LogP contribution < -0.4 is 10.2 Å². The second-order valence-corrected chi connectivity index (χ2v) is 10.7. The first-order chi connectivity index (χ1) is 16.6. The van der Waals surface area contributed by atoms with Gasteiger partial charge in [0, 0.05) is 62.5 Å². The van der Waals surface area contributed by atoms with Crippen LogP contribution >= 0.6 is 23.1 Å². The fraction of sp³-hybridized carbons (Fsp3) is 0.522. The first kappa shape index (κ1) is 23.1. The molecule has 5 rings (SSSR count). The molecule has 34 heavy (non-hydrogen) atoms. The molecule has 3 aliphatic heterocycles. The maximum absolute atomic E-state index is 13.0. The summed E-state index contributed by atoms with van der Waals surface area (Å²) in [5.41, 5.74) is 0.383. The van der Waals surface area contributed by atoms with Crippen LogP contribution in [0.25, 0.3) is 0 Å². The van der Waals surface area contributed by atoms with Gasteiger partial charge in [0.1, 0.15) is 11.5 Å². The molecule has 3 saturated heterocycles. The minimum Gasteiger partial charge on any atom is -0.353 e. The smallest absolute Gasteiger partial charge is 0.320 e. The highest BCUT2D eigenvalue weighted by Crippen LogP contribution is 2.31. The Morgan fingerprint density at radius 3 is 2.44 bits per heavy atom. The standard InChI is InChI=1S/C23H28N6O3S2/c30-20(25-17-6-14-33-22(17)31)18-15-34-21(26-18)16-4-8-28(9-5-16)23(32)29-12-10-27(11-13-29)19-3-1-2-7-24-19/h1-3,7,15-17H,4-6,8-14H2,(H,25,30). The molecule has 1 atom stereocenters. The summed E-state index contributed by atoms with van der Waals surface area (Å²) in [4.78, 5) is 52.4. The second kappa shape index (κ2) is 10.3. The lowest BCUT2D eigenvalue weighted by Crippen LogP contribution is -2.54. The third kappa shape index (κ3) is 5.05. The Morgan fingerprint density at radius 1 is 1.00 bits per heavy atom. The molecule has 0 spiro atoms. The van der Waals surface area contributed by atoms with Crippen molar-refractivity contribution in [1.82, 2.24) is 25.1 Å². The van der Waals surface area contributed by atoms with E-state index in [4.69, 9.17) is 0 Å². The minimum absolute atomic E-state index is 0.0268. The highest BCUT2D eigenvalue weighted by atomic mass is 32.2. The molecule has 2 aromatic rings. The van der Waals surface area contributed by atoms with E-state index in [2.05, 4.69) is 20.2 Å². The van der Waals surface area contributed by atoms with Crippen LogP contribution in [0, 0.1) is 0 Å². The van der Waals surface area contributed by atoms with Crippen molar-refractivity contribution in [2.45, 2.75) is 31.2 Å². The van der Waals surface area contributed by atoms with E-state index in [1.54, 1.807) is 11.6 Å². The van der Waals surface area contributed by atoms with Crippen molar-refractivity contribution in [2.24, 2.45) is 0 Å². The normalized spacial score (nSPS) is 21.7. The number of urea groups is 1. The van der Waals surface area contributed by atoms with E-state index >= 15 is 0 Å². The fourth-order valence-electron chi connectivity index (χ4n) is 4.62. The summed E-state index contributed by atoms with van der Waals surface area (Å²) in [6, 6.07) is 5.60. The number of pyridine rings is 1. The Morgan fingerprint density at radius 2 is 1.76 bits per heavy atom. The number of carbonyl (C=O) groups is 3. The molecule has 3 amide bonds. The monoisotopic (exact) mass is 500 g/mol. The molecular weight excluding hydrogens is 472 g/mol. The summed E-state index contributed by atoms with van der Waals surface area (Å²) in [6.45, 7) is 4.35. The summed E-state index contributed by atoms with van der Waals surface area (Å²) in [6.07, 6.45) is 4.15. The SMILES string of the molecule is O=C(NC1CCSC1=O)c1csc(C2CCN(C(=O)N3CCN(c4ccccn4)CC3)CC2)n1. The first-order valence-corrected chi connectivity index (χ1v) is 13.6. The molecule has 180 valence electrons. The quantitative estimate of drug-likeness (QED) is 0.688. The summed E-state index contributed by atoms with van der Waals surface area (Å²) >= 11 is 2.76. The topological polar surface area (TPSA) is 98.7 Å². The highest BCUT2D eigenvalue weighted by Gasteiger charge is 2.31. The third-order valence-corrected chi connectivity index (χ3v) is 8.65. The number of hydrogen-bond donors (Lipinski definition) is 1. The fourth-order valence-corrected chi connectivity index (χ4v) is 6.53. The number of amides is 3. The number of likely N-dealkylation sites (tertiary alicyclic amines) is 1. The molecule has 1 unspecified atom stereocenters. The van der Waals surface area contributed by atoms with Crippen molar-refractivity contribution in [3.63, 3.8) is 0 Å². The van der Waals surface area contributed by atoms with Gasteiger partial charge in [-0.05, 0) is 31.4 Å². The first-order valence-electron chi connectivity index (χ1n) is 11.7. The van der Waals surface area contributed by atoms with Crippen molar-refractivity contribution in [1.29, 1.82) is 0 Å². The number of carbonyl (C=O) groups excluding carboxylic acids is 3. The molecule has 11 heteroatoms. The van der Waals surface area contributed by atoms with Crippen molar-refractivity contribution in [2.75, 3.05) is 49.9 Å². The van der Waals surface area contributed by atoms with Gasteiger partial charge in [-0.1, -0.05) is 17.8 Å². The second-order valence-electron chi connectivity index (χ2n) is 8.76. The van der Waals surface area contributed by atoms with Gasteiger partial charge in [-0.3, -0.25) is 9.59 Å². The lowest BCUT2D eigenvalue weighted by atomic mass is 9.98. The molecule has 0 bridgehead atoms. The Labute approximate surface area is 206 Å². The van der Waals surface area contributed by atoms with Crippen LogP contribution in [-0.2, 0) is 4.79 Å². The van der Waals surface area contributed by atoms with E-state index in [0.717, 1.165) is 42.5 Å². The highest BCUT2D eigenvalue weighted by molar-refractivity contribution is 8.14. The van der Waals surface area contributed by atoms with Crippen LogP contribution in [0.4, 0.5) is 10.6 Å². The summed E-state index contributed by atoms with van der Waals surface area (Å²) in [7, 11) is 0. The van der Waals surface area contributed by atoms with Crippen LogP contribution in [0.3, 0.4) is 0 Å². The van der Waals surface area contributed by atoms with E-state index in [0.29, 0.717) is 38.3 Å². The summed E-state index contributed by atoms with van der Waals surface area (Å²) in [5.74, 6) is 1.69. The van der Waals surface area contributed by atoms with Gasteiger partial charge in [0.05, 0.1) is 11.0 Å². The van der Waals surface area contributed by atoms with Crippen molar-refractivity contribution in [3.05, 3.63) is 40.5 Å². The maximum Gasteiger partial charge on any atom is 0.320 e. The zero-order chi connectivity index (χ0) is 23.5. The van der Waals surface area contributed by atoms with Crippen molar-refractivity contribution in [3.8, 4) is 0 Å². The molecule has 9 nitrogen and oxygen atoms in total. The maximum atomic E-state index is 13.0. The average molecular weight is 501 g/mol. The minimum atomic E-state index is -0.400. The Kier molecular flexibility index (Phi) is 7.00. The molecule has 3 fully saturated rings. The molecule has 5 heterocycles. The zero-order valence-electron chi connectivity index (χ0n) is 18.9. The van der Waals surface area contributed by atoms with E-state index in [1.807, 2.05) is 28.0 Å². The number of anilines is 1. The van der Waals surface area contributed by atoms with E-state index in [9.17, 15) is 14.4 Å². The summed E-state index contributed by atoms with van der Waals surface area (Å²) < 4.78 is 0. The number of piperidine rings is 1. The van der Waals surface area contributed by atoms with Gasteiger partial charge in [-0.15, -0.1) is 11.3 Å². The lowest BCUT2D eigenvalue weighted by molar-refractivity contribution is -0.112.